The summed E-state index contributed by atoms with van der Waals surface area (Å²) in [5.74, 6) is 0.707. The Balaban J connectivity index is 1.75. The lowest BCUT2D eigenvalue weighted by molar-refractivity contribution is -0.124. The number of halogens is 1. The first-order valence-corrected chi connectivity index (χ1v) is 7.97. The van der Waals surface area contributed by atoms with Crippen molar-refractivity contribution in [2.24, 2.45) is 11.7 Å². The van der Waals surface area contributed by atoms with E-state index >= 15 is 0 Å². The molecule has 3 N–H and O–H groups in total. The van der Waals surface area contributed by atoms with Crippen molar-refractivity contribution in [2.75, 3.05) is 18.0 Å². The molecule has 2 fully saturated rings. The topological polar surface area (TPSA) is 58.4 Å². The lowest BCUT2D eigenvalue weighted by atomic mass is 9.85. The van der Waals surface area contributed by atoms with Gasteiger partial charge in [0.1, 0.15) is 4.99 Å². The third-order valence-corrected chi connectivity index (χ3v) is 4.94. The van der Waals surface area contributed by atoms with Crippen molar-refractivity contribution in [1.82, 2.24) is 5.32 Å². The highest BCUT2D eigenvalue weighted by atomic mass is 35.5. The van der Waals surface area contributed by atoms with Gasteiger partial charge in [0.05, 0.1) is 5.02 Å². The van der Waals surface area contributed by atoms with Crippen molar-refractivity contribution in [2.45, 2.75) is 25.3 Å². The third-order valence-electron chi connectivity index (χ3n) is 4.41. The highest BCUT2D eigenvalue weighted by Crippen LogP contribution is 2.30. The van der Waals surface area contributed by atoms with Crippen LogP contribution in [0.4, 0.5) is 5.69 Å². The maximum Gasteiger partial charge on any atom is 0.220 e. The van der Waals surface area contributed by atoms with Gasteiger partial charge in [0, 0.05) is 36.8 Å². The minimum absolute atomic E-state index is 0.188. The number of nitrogens with two attached hydrogens (primary N) is 1. The van der Waals surface area contributed by atoms with E-state index in [9.17, 15) is 4.79 Å². The zero-order valence-electron chi connectivity index (χ0n) is 11.6. The summed E-state index contributed by atoms with van der Waals surface area (Å²) >= 11 is 11.2. The number of anilines is 1. The molecule has 2 aliphatic rings. The zero-order valence-corrected chi connectivity index (χ0v) is 13.2. The lowest BCUT2D eigenvalue weighted by Gasteiger charge is -2.42. The van der Waals surface area contributed by atoms with E-state index < -0.39 is 0 Å². The summed E-state index contributed by atoms with van der Waals surface area (Å²) in [7, 11) is 0. The number of nitrogens with one attached hydrogen (secondary N) is 1. The summed E-state index contributed by atoms with van der Waals surface area (Å²) in [6.45, 7) is 1.87. The van der Waals surface area contributed by atoms with Crippen LogP contribution in [0, 0.1) is 5.92 Å². The molecule has 0 aromatic heterocycles. The Morgan fingerprint density at radius 3 is 2.95 bits per heavy atom. The Morgan fingerprint density at radius 2 is 2.24 bits per heavy atom. The van der Waals surface area contributed by atoms with Gasteiger partial charge in [-0.2, -0.15) is 0 Å². The second-order valence-electron chi connectivity index (χ2n) is 5.74. The van der Waals surface area contributed by atoms with Gasteiger partial charge in [0.15, 0.2) is 0 Å². The fourth-order valence-corrected chi connectivity index (χ4v) is 3.76. The average molecular weight is 324 g/mol. The number of hydrogen-bond donors (Lipinski definition) is 2. The van der Waals surface area contributed by atoms with E-state index in [1.165, 1.54) is 0 Å². The smallest absolute Gasteiger partial charge is 0.220 e. The van der Waals surface area contributed by atoms with Crippen LogP contribution >= 0.6 is 23.8 Å². The molecule has 1 aromatic rings. The molecule has 2 heterocycles. The Labute approximate surface area is 134 Å². The molecule has 0 spiro atoms. The van der Waals surface area contributed by atoms with Crippen LogP contribution in [-0.2, 0) is 4.79 Å². The molecule has 0 bridgehead atoms. The molecule has 2 atom stereocenters. The van der Waals surface area contributed by atoms with Gasteiger partial charge in [-0.1, -0.05) is 23.8 Å². The molecule has 6 heteroatoms. The van der Waals surface area contributed by atoms with Gasteiger partial charge in [-0.3, -0.25) is 4.79 Å². The molecule has 0 radical (unpaired) electrons. The number of thiocarbonyl (C=S) groups is 1. The number of carbonyl (C=O) groups is 1. The summed E-state index contributed by atoms with van der Waals surface area (Å²) in [6, 6.07) is 6.16. The van der Waals surface area contributed by atoms with Crippen molar-refractivity contribution < 1.29 is 4.79 Å². The number of nitrogens with zero attached hydrogens (tertiary/aromatic N) is 1. The maximum absolute atomic E-state index is 11.4. The van der Waals surface area contributed by atoms with Crippen LogP contribution < -0.4 is 16.0 Å². The molecule has 0 aliphatic carbocycles. The van der Waals surface area contributed by atoms with Crippen LogP contribution in [0.5, 0.6) is 0 Å². The predicted octanol–water partition coefficient (Wildman–Crippen LogP) is 2.08. The quantitative estimate of drug-likeness (QED) is 0.818. The molecule has 2 aliphatic heterocycles. The van der Waals surface area contributed by atoms with Crippen LogP contribution in [0.1, 0.15) is 24.8 Å². The Hall–Kier alpha value is -1.33. The maximum atomic E-state index is 11.4. The van der Waals surface area contributed by atoms with Gasteiger partial charge in [-0.15, -0.1) is 0 Å². The number of benzene rings is 1. The molecule has 3 rings (SSSR count). The van der Waals surface area contributed by atoms with Crippen molar-refractivity contribution in [3.63, 3.8) is 0 Å². The van der Waals surface area contributed by atoms with Crippen molar-refractivity contribution >= 4 is 40.4 Å². The number of fused-ring (bicyclic) bond motifs is 1. The van der Waals surface area contributed by atoms with E-state index in [0.717, 1.165) is 37.2 Å². The summed E-state index contributed by atoms with van der Waals surface area (Å²) in [4.78, 5) is 14.1. The predicted molar refractivity (Wildman–Crippen MR) is 88.8 cm³/mol. The van der Waals surface area contributed by atoms with E-state index in [2.05, 4.69) is 10.2 Å². The van der Waals surface area contributed by atoms with Crippen molar-refractivity contribution in [3.8, 4) is 0 Å². The van der Waals surface area contributed by atoms with E-state index in [1.54, 1.807) is 0 Å². The number of carbonyl (C=O) groups excluding carboxylic acids is 1. The van der Waals surface area contributed by atoms with Crippen molar-refractivity contribution in [3.05, 3.63) is 28.8 Å². The van der Waals surface area contributed by atoms with Gasteiger partial charge in [0.2, 0.25) is 5.91 Å². The van der Waals surface area contributed by atoms with Gasteiger partial charge in [-0.25, -0.2) is 0 Å². The van der Waals surface area contributed by atoms with E-state index in [0.29, 0.717) is 28.4 Å². The minimum atomic E-state index is 0.188. The molecule has 21 heavy (non-hydrogen) atoms. The monoisotopic (exact) mass is 323 g/mol. The molecule has 1 amide bonds. The van der Waals surface area contributed by atoms with Gasteiger partial charge >= 0.3 is 0 Å². The number of hydrogen-bond acceptors (Lipinski definition) is 3. The zero-order chi connectivity index (χ0) is 15.0. The number of amides is 1. The molecule has 0 saturated carbocycles. The molecule has 2 unspecified atom stereocenters. The van der Waals surface area contributed by atoms with Crippen LogP contribution in [0.15, 0.2) is 18.2 Å². The van der Waals surface area contributed by atoms with Crippen LogP contribution in [0.2, 0.25) is 5.02 Å². The van der Waals surface area contributed by atoms with Gasteiger partial charge < -0.3 is 16.0 Å². The highest BCUT2D eigenvalue weighted by molar-refractivity contribution is 7.80. The van der Waals surface area contributed by atoms with Gasteiger partial charge in [-0.05, 0) is 37.0 Å². The normalized spacial score (nSPS) is 25.2. The minimum Gasteiger partial charge on any atom is -0.389 e. The largest absolute Gasteiger partial charge is 0.389 e. The molecule has 1 aromatic carbocycles. The molecule has 2 saturated heterocycles. The summed E-state index contributed by atoms with van der Waals surface area (Å²) in [5, 5.41) is 3.70. The Morgan fingerprint density at radius 1 is 1.43 bits per heavy atom. The molecular formula is C15H18ClN3OS. The number of piperidine rings is 2. The summed E-state index contributed by atoms with van der Waals surface area (Å²) < 4.78 is 0. The lowest BCUT2D eigenvalue weighted by Crippen LogP contribution is -2.54. The van der Waals surface area contributed by atoms with E-state index in [4.69, 9.17) is 29.6 Å². The molecule has 4 nitrogen and oxygen atoms in total. The summed E-state index contributed by atoms with van der Waals surface area (Å²) in [6.07, 6.45) is 2.58. The first kappa shape index (κ1) is 14.6. The van der Waals surface area contributed by atoms with E-state index in [-0.39, 0.29) is 5.91 Å². The first-order valence-electron chi connectivity index (χ1n) is 7.18. The highest BCUT2D eigenvalue weighted by Gasteiger charge is 2.33. The second kappa shape index (κ2) is 5.81. The fraction of sp³-hybridized carbons (Fsp3) is 0.467. The average Bonchev–Trinajstić information content (AvgIpc) is 2.46. The number of rotatable bonds is 2. The molecule has 112 valence electrons. The first-order chi connectivity index (χ1) is 10.0. The van der Waals surface area contributed by atoms with Gasteiger partial charge in [0.25, 0.3) is 0 Å². The second-order valence-corrected chi connectivity index (χ2v) is 6.58. The molecular weight excluding hydrogens is 306 g/mol. The Kier molecular flexibility index (Phi) is 4.04. The van der Waals surface area contributed by atoms with Crippen LogP contribution in [0.25, 0.3) is 0 Å². The summed E-state index contributed by atoms with van der Waals surface area (Å²) in [5.41, 5.74) is 7.45. The fourth-order valence-electron chi connectivity index (χ4n) is 3.25. The standard InChI is InChI=1S/C15H18ClN3OS/c16-12-7-10(2-3-11(12)15(17)21)19-6-5-13-9(8-19)1-4-14(20)18-13/h2-3,7,9,13H,1,4-6,8H2,(H2,17,21)(H,18,20). The van der Waals surface area contributed by atoms with Crippen molar-refractivity contribution in [1.29, 1.82) is 0 Å². The SMILES string of the molecule is NC(=S)c1ccc(N2CCC3NC(=O)CCC3C2)cc1Cl. The van der Waals surface area contributed by atoms with E-state index in [1.807, 2.05) is 18.2 Å². The van der Waals surface area contributed by atoms with Crippen LogP contribution in [-0.4, -0.2) is 30.0 Å². The van der Waals surface area contributed by atoms with Crippen LogP contribution in [0.3, 0.4) is 0 Å². The Bertz CT molecular complexity index is 592. The third kappa shape index (κ3) is 2.99.